The van der Waals surface area contributed by atoms with Gasteiger partial charge in [-0.2, -0.15) is 0 Å². The molecule has 2 aromatic carbocycles. The fraction of sp³-hybridized carbons (Fsp3) is 0.391. The molecule has 150 valence electrons. The predicted molar refractivity (Wildman–Crippen MR) is 115 cm³/mol. The molecule has 0 unspecified atom stereocenters. The zero-order chi connectivity index (χ0) is 20.4. The van der Waals surface area contributed by atoms with E-state index in [0.29, 0.717) is 0 Å². The Balaban J connectivity index is 1.70. The second kappa shape index (κ2) is 10.6. The minimum atomic E-state index is -0.391. The third-order valence-corrected chi connectivity index (χ3v) is 4.44. The summed E-state index contributed by atoms with van der Waals surface area (Å²) in [4.78, 5) is 10.3. The topological polar surface area (TPSA) is 52.4 Å². The van der Waals surface area contributed by atoms with Crippen LogP contribution in [0.3, 0.4) is 0 Å². The summed E-state index contributed by atoms with van der Waals surface area (Å²) < 4.78 is 6.84. The van der Waals surface area contributed by atoms with Gasteiger partial charge in [0.15, 0.2) is 0 Å². The van der Waals surface area contributed by atoms with E-state index in [9.17, 15) is 10.1 Å². The number of rotatable bonds is 11. The molecule has 0 bridgehead atoms. The van der Waals surface area contributed by atoms with Gasteiger partial charge in [0.05, 0.1) is 39.2 Å². The molecule has 0 N–H and O–H groups in total. The lowest BCUT2D eigenvalue weighted by molar-refractivity contribution is -0.870. The van der Waals surface area contributed by atoms with Gasteiger partial charge in [0.2, 0.25) is 0 Å². The van der Waals surface area contributed by atoms with Crippen molar-refractivity contribution in [2.24, 2.45) is 0 Å². The number of hydrogen-bond acceptors (Lipinski definition) is 3. The van der Waals surface area contributed by atoms with Crippen molar-refractivity contribution in [3.63, 3.8) is 0 Å². The van der Waals surface area contributed by atoms with Gasteiger partial charge in [0.25, 0.3) is 5.69 Å². The van der Waals surface area contributed by atoms with Gasteiger partial charge in [-0.05, 0) is 61.1 Å². The molecule has 5 nitrogen and oxygen atoms in total. The zero-order valence-corrected chi connectivity index (χ0v) is 17.1. The summed E-state index contributed by atoms with van der Waals surface area (Å²) in [6, 6.07) is 14.5. The van der Waals surface area contributed by atoms with Gasteiger partial charge in [-0.3, -0.25) is 10.1 Å². The summed E-state index contributed by atoms with van der Waals surface area (Å²) in [7, 11) is 6.69. The standard InChI is InChI=1S/C23H31N2O3/c1-25(2,3)18-6-4-5-7-19-28-23-16-12-21(13-17-23)9-8-20-10-14-22(15-11-20)24(26)27/h8-17H,4-7,18-19H2,1-3H3/q+1/b9-8+. The Morgan fingerprint density at radius 2 is 1.39 bits per heavy atom. The number of quaternary nitrogens is 1. The summed E-state index contributed by atoms with van der Waals surface area (Å²) in [6.07, 6.45) is 8.73. The average Bonchev–Trinajstić information content (AvgIpc) is 2.66. The highest BCUT2D eigenvalue weighted by molar-refractivity contribution is 5.70. The van der Waals surface area contributed by atoms with Crippen LogP contribution in [0.25, 0.3) is 12.2 Å². The van der Waals surface area contributed by atoms with Crippen LogP contribution in [0.1, 0.15) is 36.8 Å². The zero-order valence-electron chi connectivity index (χ0n) is 17.1. The lowest BCUT2D eigenvalue weighted by Crippen LogP contribution is -2.35. The number of benzene rings is 2. The summed E-state index contributed by atoms with van der Waals surface area (Å²) in [5.41, 5.74) is 2.09. The third-order valence-electron chi connectivity index (χ3n) is 4.44. The van der Waals surface area contributed by atoms with Gasteiger partial charge >= 0.3 is 0 Å². The van der Waals surface area contributed by atoms with E-state index < -0.39 is 4.92 Å². The van der Waals surface area contributed by atoms with E-state index in [0.717, 1.165) is 34.4 Å². The largest absolute Gasteiger partial charge is 0.494 e. The molecule has 0 amide bonds. The van der Waals surface area contributed by atoms with Crippen molar-refractivity contribution in [1.82, 2.24) is 0 Å². The highest BCUT2D eigenvalue weighted by Crippen LogP contribution is 2.17. The molecule has 0 aliphatic rings. The average molecular weight is 384 g/mol. The minimum absolute atomic E-state index is 0.104. The molecule has 0 aromatic heterocycles. The monoisotopic (exact) mass is 383 g/mol. The van der Waals surface area contributed by atoms with Crippen molar-refractivity contribution < 1.29 is 14.1 Å². The van der Waals surface area contributed by atoms with E-state index in [2.05, 4.69) is 21.1 Å². The fourth-order valence-electron chi connectivity index (χ4n) is 2.81. The Bertz CT molecular complexity index is 760. The first-order valence-corrected chi connectivity index (χ1v) is 9.79. The van der Waals surface area contributed by atoms with Crippen molar-refractivity contribution in [3.05, 3.63) is 69.8 Å². The van der Waals surface area contributed by atoms with Crippen LogP contribution in [0.5, 0.6) is 5.75 Å². The van der Waals surface area contributed by atoms with Crippen LogP contribution in [-0.2, 0) is 0 Å². The maximum Gasteiger partial charge on any atom is 0.269 e. The molecule has 0 saturated carbocycles. The molecule has 5 heteroatoms. The third kappa shape index (κ3) is 8.35. The summed E-state index contributed by atoms with van der Waals surface area (Å²) >= 11 is 0. The first kappa shape index (κ1) is 21.6. The highest BCUT2D eigenvalue weighted by atomic mass is 16.6. The Morgan fingerprint density at radius 3 is 1.93 bits per heavy atom. The van der Waals surface area contributed by atoms with Gasteiger partial charge in [-0.1, -0.05) is 24.3 Å². The molecule has 28 heavy (non-hydrogen) atoms. The van der Waals surface area contributed by atoms with Crippen molar-refractivity contribution in [2.45, 2.75) is 25.7 Å². The van der Waals surface area contributed by atoms with Gasteiger partial charge < -0.3 is 9.22 Å². The van der Waals surface area contributed by atoms with Crippen LogP contribution in [0, 0.1) is 10.1 Å². The van der Waals surface area contributed by atoms with Gasteiger partial charge in [-0.25, -0.2) is 0 Å². The number of unbranched alkanes of at least 4 members (excludes halogenated alkanes) is 3. The van der Waals surface area contributed by atoms with Crippen molar-refractivity contribution in [2.75, 3.05) is 34.3 Å². The fourth-order valence-corrected chi connectivity index (χ4v) is 2.81. The normalized spacial score (nSPS) is 11.7. The van der Waals surface area contributed by atoms with E-state index in [1.807, 2.05) is 36.4 Å². The van der Waals surface area contributed by atoms with Crippen molar-refractivity contribution in [1.29, 1.82) is 0 Å². The quantitative estimate of drug-likeness (QED) is 0.171. The predicted octanol–water partition coefficient (Wildman–Crippen LogP) is 5.41. The molecular formula is C23H31N2O3+. The van der Waals surface area contributed by atoms with Gasteiger partial charge in [-0.15, -0.1) is 0 Å². The van der Waals surface area contributed by atoms with Crippen LogP contribution in [0.15, 0.2) is 48.5 Å². The lowest BCUT2D eigenvalue weighted by Gasteiger charge is -2.23. The first-order chi connectivity index (χ1) is 13.3. The maximum atomic E-state index is 10.7. The maximum absolute atomic E-state index is 10.7. The molecule has 0 heterocycles. The molecule has 0 atom stereocenters. The number of nitro groups is 1. The SMILES string of the molecule is C[N+](C)(C)CCCCCCOc1ccc(/C=C/c2ccc([N+](=O)[O-])cc2)cc1. The van der Waals surface area contributed by atoms with Crippen LogP contribution in [-0.4, -0.2) is 43.7 Å². The Labute approximate surface area is 168 Å². The van der Waals surface area contributed by atoms with E-state index in [4.69, 9.17) is 4.74 Å². The molecule has 0 spiro atoms. The first-order valence-electron chi connectivity index (χ1n) is 9.79. The van der Waals surface area contributed by atoms with Crippen LogP contribution in [0.4, 0.5) is 5.69 Å². The Hall–Kier alpha value is -2.66. The Kier molecular flexibility index (Phi) is 8.20. The molecule has 0 aliphatic heterocycles. The molecule has 2 aromatic rings. The number of nitro benzene ring substituents is 1. The van der Waals surface area contributed by atoms with E-state index in [1.165, 1.54) is 37.9 Å². The summed E-state index contributed by atoms with van der Waals surface area (Å²) in [5, 5.41) is 10.7. The number of ether oxygens (including phenoxy) is 1. The molecule has 0 saturated heterocycles. The van der Waals surface area contributed by atoms with E-state index in [1.54, 1.807) is 12.1 Å². The van der Waals surface area contributed by atoms with Crippen LogP contribution < -0.4 is 4.74 Å². The lowest BCUT2D eigenvalue weighted by atomic mass is 10.1. The molecule has 0 fully saturated rings. The van der Waals surface area contributed by atoms with Crippen molar-refractivity contribution >= 4 is 17.8 Å². The second-order valence-corrected chi connectivity index (χ2v) is 8.03. The van der Waals surface area contributed by atoms with E-state index >= 15 is 0 Å². The summed E-state index contributed by atoms with van der Waals surface area (Å²) in [6.45, 7) is 1.97. The van der Waals surface area contributed by atoms with Crippen LogP contribution in [0.2, 0.25) is 0 Å². The number of nitrogens with zero attached hydrogens (tertiary/aromatic N) is 2. The van der Waals surface area contributed by atoms with Gasteiger partial charge in [0, 0.05) is 12.1 Å². The molecule has 0 radical (unpaired) electrons. The Morgan fingerprint density at radius 1 is 0.857 bits per heavy atom. The summed E-state index contributed by atoms with van der Waals surface area (Å²) in [5.74, 6) is 0.888. The molecule has 0 aliphatic carbocycles. The highest BCUT2D eigenvalue weighted by Gasteiger charge is 2.05. The molecular weight excluding hydrogens is 352 g/mol. The number of hydrogen-bond donors (Lipinski definition) is 0. The minimum Gasteiger partial charge on any atom is -0.494 e. The van der Waals surface area contributed by atoms with Crippen LogP contribution >= 0.6 is 0 Å². The van der Waals surface area contributed by atoms with Gasteiger partial charge in [0.1, 0.15) is 5.75 Å². The van der Waals surface area contributed by atoms with E-state index in [-0.39, 0.29) is 5.69 Å². The molecule has 2 rings (SSSR count). The number of non-ortho nitro benzene ring substituents is 1. The van der Waals surface area contributed by atoms with Crippen molar-refractivity contribution in [3.8, 4) is 5.75 Å². The smallest absolute Gasteiger partial charge is 0.269 e. The second-order valence-electron chi connectivity index (χ2n) is 8.03.